The summed E-state index contributed by atoms with van der Waals surface area (Å²) in [5.74, 6) is -1.29. The maximum Gasteiger partial charge on any atom is 0.426 e. The molecule has 1 aliphatic heterocycles. The van der Waals surface area contributed by atoms with Crippen molar-refractivity contribution in [2.45, 2.75) is 31.3 Å². The van der Waals surface area contributed by atoms with E-state index in [-0.39, 0.29) is 11.4 Å². The number of ether oxygens (including phenoxy) is 3. The zero-order valence-corrected chi connectivity index (χ0v) is 15.1. The van der Waals surface area contributed by atoms with Crippen LogP contribution in [0.25, 0.3) is 0 Å². The van der Waals surface area contributed by atoms with Gasteiger partial charge in [-0.25, -0.2) is 4.98 Å². The molecule has 10 heteroatoms. The molecule has 2 aromatic rings. The molecule has 2 heterocycles. The van der Waals surface area contributed by atoms with Crippen molar-refractivity contribution in [1.29, 1.82) is 0 Å². The van der Waals surface area contributed by atoms with Gasteiger partial charge in [-0.2, -0.15) is 13.9 Å². The van der Waals surface area contributed by atoms with Gasteiger partial charge in [0.1, 0.15) is 6.33 Å². The van der Waals surface area contributed by atoms with E-state index < -0.39 is 24.6 Å². The maximum absolute atomic E-state index is 14.2. The van der Waals surface area contributed by atoms with Crippen LogP contribution in [-0.4, -0.2) is 34.0 Å². The number of aromatic amines is 1. The van der Waals surface area contributed by atoms with Gasteiger partial charge in [-0.3, -0.25) is 5.10 Å². The van der Waals surface area contributed by atoms with Crippen molar-refractivity contribution < 1.29 is 23.0 Å². The Hall–Kier alpha value is -1.74. The van der Waals surface area contributed by atoms with Crippen LogP contribution in [0.15, 0.2) is 36.9 Å². The molecule has 1 saturated heterocycles. The number of nitrogens with zero attached hydrogens (tertiary/aromatic N) is 2. The Morgan fingerprint density at radius 3 is 2.92 bits per heavy atom. The average molecular weight is 406 g/mol. The van der Waals surface area contributed by atoms with E-state index in [1.54, 1.807) is 19.1 Å². The number of hydrogen-bond acceptors (Lipinski definition) is 5. The smallest absolute Gasteiger partial charge is 0.426 e. The molecule has 1 aliphatic rings. The molecule has 0 aliphatic carbocycles. The molecule has 3 rings (SSSR count). The second-order valence-electron chi connectivity index (χ2n) is 5.54. The Morgan fingerprint density at radius 1 is 1.46 bits per heavy atom. The normalized spacial score (nSPS) is 23.7. The standard InChI is InChI=1S/C16H15Cl2F2N3O3/c1-2-5-24-16(19,20)13-8-25-15(26-13,7-14-21-9-22-23-14)11-4-3-10(17)6-12(11)18/h2-6,9,13H,7-8H2,1H3,(H,21,22,23). The van der Waals surface area contributed by atoms with E-state index in [9.17, 15) is 8.78 Å². The van der Waals surface area contributed by atoms with Crippen molar-refractivity contribution in [2.75, 3.05) is 6.61 Å². The van der Waals surface area contributed by atoms with E-state index in [0.29, 0.717) is 16.4 Å². The monoisotopic (exact) mass is 405 g/mol. The van der Waals surface area contributed by atoms with Crippen LogP contribution in [0, 0.1) is 0 Å². The third-order valence-electron chi connectivity index (χ3n) is 3.73. The molecule has 2 unspecified atom stereocenters. The fourth-order valence-corrected chi connectivity index (χ4v) is 3.12. The highest BCUT2D eigenvalue weighted by Crippen LogP contribution is 2.44. The molecule has 1 fully saturated rings. The first-order valence-electron chi connectivity index (χ1n) is 7.65. The van der Waals surface area contributed by atoms with Gasteiger partial charge >= 0.3 is 6.11 Å². The van der Waals surface area contributed by atoms with Gasteiger partial charge in [0.15, 0.2) is 11.9 Å². The number of nitrogens with one attached hydrogen (secondary N) is 1. The quantitative estimate of drug-likeness (QED) is 0.733. The fraction of sp³-hybridized carbons (Fsp3) is 0.375. The summed E-state index contributed by atoms with van der Waals surface area (Å²) >= 11 is 12.2. The number of benzene rings is 1. The summed E-state index contributed by atoms with van der Waals surface area (Å²) in [5.41, 5.74) is 0.345. The molecule has 1 aromatic carbocycles. The Kier molecular flexibility index (Phi) is 5.47. The van der Waals surface area contributed by atoms with Gasteiger partial charge in [0.25, 0.3) is 0 Å². The first kappa shape index (κ1) is 19.0. The van der Waals surface area contributed by atoms with Crippen LogP contribution >= 0.6 is 23.2 Å². The SMILES string of the molecule is CC=COC(F)(F)C1COC(Cc2nc[nH]n2)(c2ccc(Cl)cc2Cl)O1. The average Bonchev–Trinajstić information content (AvgIpc) is 3.24. The first-order chi connectivity index (χ1) is 12.4. The minimum atomic E-state index is -3.59. The lowest BCUT2D eigenvalue weighted by molar-refractivity contribution is -0.285. The van der Waals surface area contributed by atoms with Crippen molar-refractivity contribution in [2.24, 2.45) is 0 Å². The zero-order chi connectivity index (χ0) is 18.8. The van der Waals surface area contributed by atoms with Crippen LogP contribution in [0.5, 0.6) is 0 Å². The number of aromatic nitrogens is 3. The lowest BCUT2D eigenvalue weighted by Gasteiger charge is -2.29. The maximum atomic E-state index is 14.2. The van der Waals surface area contributed by atoms with Crippen molar-refractivity contribution in [3.05, 3.63) is 58.3 Å². The molecule has 0 amide bonds. The third-order valence-corrected chi connectivity index (χ3v) is 4.28. The highest BCUT2D eigenvalue weighted by Gasteiger charge is 2.55. The first-order valence-corrected chi connectivity index (χ1v) is 8.40. The number of rotatable bonds is 6. The van der Waals surface area contributed by atoms with Crippen LogP contribution in [0.2, 0.25) is 10.0 Å². The molecule has 1 aromatic heterocycles. The van der Waals surface area contributed by atoms with Crippen molar-refractivity contribution in [3.63, 3.8) is 0 Å². The summed E-state index contributed by atoms with van der Waals surface area (Å²) in [6.45, 7) is 1.15. The van der Waals surface area contributed by atoms with Crippen LogP contribution in [0.4, 0.5) is 8.78 Å². The largest absolute Gasteiger partial charge is 0.439 e. The molecular weight excluding hydrogens is 391 g/mol. The lowest BCUT2D eigenvalue weighted by atomic mass is 10.0. The second kappa shape index (κ2) is 7.48. The highest BCUT2D eigenvalue weighted by molar-refractivity contribution is 6.35. The van der Waals surface area contributed by atoms with Crippen LogP contribution in [-0.2, 0) is 26.4 Å². The van der Waals surface area contributed by atoms with Gasteiger partial charge in [0.05, 0.1) is 24.3 Å². The molecule has 140 valence electrons. The number of alkyl halides is 2. The fourth-order valence-electron chi connectivity index (χ4n) is 2.56. The molecule has 6 nitrogen and oxygen atoms in total. The minimum Gasteiger partial charge on any atom is -0.439 e. The van der Waals surface area contributed by atoms with E-state index >= 15 is 0 Å². The molecule has 0 bridgehead atoms. The molecule has 0 saturated carbocycles. The molecule has 2 atom stereocenters. The Bertz CT molecular complexity index is 789. The summed E-state index contributed by atoms with van der Waals surface area (Å²) in [4.78, 5) is 4.01. The molecular formula is C16H15Cl2F2N3O3. The Morgan fingerprint density at radius 2 is 2.27 bits per heavy atom. The highest BCUT2D eigenvalue weighted by atomic mass is 35.5. The zero-order valence-electron chi connectivity index (χ0n) is 13.6. The topological polar surface area (TPSA) is 69.3 Å². The van der Waals surface area contributed by atoms with E-state index in [2.05, 4.69) is 19.9 Å². The number of halogens is 4. The summed E-state index contributed by atoms with van der Waals surface area (Å²) in [7, 11) is 0. The van der Waals surface area contributed by atoms with Gasteiger partial charge in [-0.1, -0.05) is 35.3 Å². The number of hydrogen-bond donors (Lipinski definition) is 1. The van der Waals surface area contributed by atoms with Gasteiger partial charge in [0, 0.05) is 10.6 Å². The predicted octanol–water partition coefficient (Wildman–Crippen LogP) is 4.07. The van der Waals surface area contributed by atoms with Crippen molar-refractivity contribution in [1.82, 2.24) is 15.2 Å². The number of H-pyrrole nitrogens is 1. The molecule has 0 radical (unpaired) electrons. The summed E-state index contributed by atoms with van der Waals surface area (Å²) < 4.78 is 44.3. The van der Waals surface area contributed by atoms with E-state index in [1.165, 1.54) is 18.5 Å². The van der Waals surface area contributed by atoms with Crippen molar-refractivity contribution in [3.8, 4) is 0 Å². The Balaban J connectivity index is 1.95. The third kappa shape index (κ3) is 3.83. The van der Waals surface area contributed by atoms with E-state index in [0.717, 1.165) is 6.26 Å². The second-order valence-corrected chi connectivity index (χ2v) is 6.38. The van der Waals surface area contributed by atoms with Gasteiger partial charge in [-0.15, -0.1) is 0 Å². The summed E-state index contributed by atoms with van der Waals surface area (Å²) in [6, 6.07) is 4.61. The van der Waals surface area contributed by atoms with E-state index in [4.69, 9.17) is 32.7 Å². The van der Waals surface area contributed by atoms with Gasteiger partial charge in [-0.05, 0) is 19.1 Å². The van der Waals surface area contributed by atoms with Gasteiger partial charge in [0.2, 0.25) is 5.79 Å². The van der Waals surface area contributed by atoms with Gasteiger partial charge < -0.3 is 14.2 Å². The molecule has 26 heavy (non-hydrogen) atoms. The molecule has 1 N–H and O–H groups in total. The molecule has 0 spiro atoms. The van der Waals surface area contributed by atoms with Crippen LogP contribution < -0.4 is 0 Å². The predicted molar refractivity (Wildman–Crippen MR) is 89.9 cm³/mol. The summed E-state index contributed by atoms with van der Waals surface area (Å²) in [5, 5.41) is 7.10. The Labute approximate surface area is 158 Å². The summed E-state index contributed by atoms with van der Waals surface area (Å²) in [6.07, 6.45) is -1.67. The van der Waals surface area contributed by atoms with Crippen LogP contribution in [0.1, 0.15) is 18.3 Å². The minimum absolute atomic E-state index is 0.0337. The number of allylic oxidation sites excluding steroid dienone is 1. The van der Waals surface area contributed by atoms with E-state index in [1.807, 2.05) is 0 Å². The lowest BCUT2D eigenvalue weighted by Crippen LogP contribution is -2.39. The van der Waals surface area contributed by atoms with Crippen molar-refractivity contribution >= 4 is 23.2 Å². The van der Waals surface area contributed by atoms with Crippen LogP contribution in [0.3, 0.4) is 0 Å².